The monoisotopic (exact) mass is 344 g/mol. The molecule has 1 heterocycles. The van der Waals surface area contributed by atoms with Crippen LogP contribution >= 0.6 is 0 Å². The summed E-state index contributed by atoms with van der Waals surface area (Å²) < 4.78 is 9.36. The van der Waals surface area contributed by atoms with Crippen LogP contribution < -0.4 is 5.32 Å². The van der Waals surface area contributed by atoms with E-state index in [0.29, 0.717) is 5.56 Å². The molecule has 0 saturated carbocycles. The Bertz CT molecular complexity index is 790. The maximum atomic E-state index is 12.5. The molecule has 0 aliphatic heterocycles. The smallest absolute Gasteiger partial charge is 0.328 e. The zero-order chi connectivity index (χ0) is 18.4. The third-order valence-electron chi connectivity index (χ3n) is 3.84. The predicted molar refractivity (Wildman–Crippen MR) is 90.8 cm³/mol. The highest BCUT2D eigenvalue weighted by atomic mass is 16.5. The number of carbonyl (C=O) groups is 3. The number of pyridine rings is 1. The number of aromatic nitrogens is 1. The van der Waals surface area contributed by atoms with Crippen molar-refractivity contribution in [2.75, 3.05) is 14.2 Å². The molecule has 7 heteroatoms. The van der Waals surface area contributed by atoms with E-state index in [2.05, 4.69) is 15.0 Å². The van der Waals surface area contributed by atoms with E-state index in [1.807, 2.05) is 24.3 Å². The van der Waals surface area contributed by atoms with Crippen LogP contribution in [0, 0.1) is 5.92 Å². The average Bonchev–Trinajstić information content (AvgIpc) is 2.65. The Labute approximate surface area is 145 Å². The molecule has 2 atom stereocenters. The summed E-state index contributed by atoms with van der Waals surface area (Å²) in [5.74, 6) is -2.12. The lowest BCUT2D eigenvalue weighted by molar-refractivity contribution is -0.147. The van der Waals surface area contributed by atoms with E-state index >= 15 is 0 Å². The van der Waals surface area contributed by atoms with E-state index in [4.69, 9.17) is 4.74 Å². The number of para-hydroxylation sites is 1. The number of nitrogens with zero attached hydrogens (tertiary/aromatic N) is 1. The van der Waals surface area contributed by atoms with E-state index in [0.717, 1.165) is 10.9 Å². The minimum Gasteiger partial charge on any atom is -0.469 e. The summed E-state index contributed by atoms with van der Waals surface area (Å²) >= 11 is 0. The Hall–Kier alpha value is -2.96. The van der Waals surface area contributed by atoms with Crippen LogP contribution in [0.4, 0.5) is 0 Å². The molecular formula is C18H20N2O5. The summed E-state index contributed by atoms with van der Waals surface area (Å²) in [5.41, 5.74) is 1.08. The van der Waals surface area contributed by atoms with Crippen LogP contribution in [0.15, 0.2) is 36.5 Å². The van der Waals surface area contributed by atoms with Gasteiger partial charge in [-0.05, 0) is 18.6 Å². The molecule has 0 fully saturated rings. The van der Waals surface area contributed by atoms with Crippen LogP contribution in [0.1, 0.15) is 23.7 Å². The van der Waals surface area contributed by atoms with Gasteiger partial charge in [0.15, 0.2) is 0 Å². The molecule has 1 aromatic carbocycles. The van der Waals surface area contributed by atoms with E-state index in [9.17, 15) is 14.4 Å². The second-order valence-electron chi connectivity index (χ2n) is 5.63. The second-order valence-corrected chi connectivity index (χ2v) is 5.63. The minimum absolute atomic E-state index is 0.0755. The number of methoxy groups -OCH3 is 2. The Morgan fingerprint density at radius 3 is 2.48 bits per heavy atom. The van der Waals surface area contributed by atoms with E-state index < -0.39 is 29.8 Å². The Morgan fingerprint density at radius 1 is 1.12 bits per heavy atom. The van der Waals surface area contributed by atoms with Crippen molar-refractivity contribution in [3.63, 3.8) is 0 Å². The van der Waals surface area contributed by atoms with E-state index in [-0.39, 0.29) is 6.42 Å². The number of hydrogen-bond acceptors (Lipinski definition) is 6. The van der Waals surface area contributed by atoms with Gasteiger partial charge in [-0.25, -0.2) is 4.79 Å². The molecule has 0 radical (unpaired) electrons. The first kappa shape index (κ1) is 18.4. The van der Waals surface area contributed by atoms with Crippen molar-refractivity contribution in [3.05, 3.63) is 42.1 Å². The molecule has 1 aromatic heterocycles. The summed E-state index contributed by atoms with van der Waals surface area (Å²) in [6.07, 6.45) is 1.52. The van der Waals surface area contributed by atoms with Gasteiger partial charge < -0.3 is 14.8 Å². The molecule has 2 rings (SSSR count). The second kappa shape index (κ2) is 8.23. The summed E-state index contributed by atoms with van der Waals surface area (Å²) in [5, 5.41) is 3.41. The molecule has 0 bridgehead atoms. The molecule has 7 nitrogen and oxygen atoms in total. The number of nitrogens with one attached hydrogen (secondary N) is 1. The predicted octanol–water partition coefficient (Wildman–Crippen LogP) is 1.71. The van der Waals surface area contributed by atoms with Crippen LogP contribution in [0.5, 0.6) is 0 Å². The molecule has 0 saturated heterocycles. The highest BCUT2D eigenvalue weighted by Gasteiger charge is 2.27. The molecule has 0 aliphatic rings. The molecule has 132 valence electrons. The summed E-state index contributed by atoms with van der Waals surface area (Å²) in [6, 6.07) is 8.12. The molecule has 2 aromatic rings. The highest BCUT2D eigenvalue weighted by Crippen LogP contribution is 2.14. The van der Waals surface area contributed by atoms with Gasteiger partial charge in [-0.15, -0.1) is 0 Å². The van der Waals surface area contributed by atoms with Crippen molar-refractivity contribution >= 4 is 28.7 Å². The van der Waals surface area contributed by atoms with Gasteiger partial charge >= 0.3 is 11.9 Å². The standard InChI is InChI=1S/C18H20N2O5/c1-11(17(22)24-2)8-15(18(23)25-3)20-16(21)13-9-12-6-4-5-7-14(12)19-10-13/h4-7,9-11,15H,8H2,1-3H3,(H,20,21)/t11-,15+/m0/s1. The number of carbonyl (C=O) groups excluding carboxylic acids is 3. The van der Waals surface area contributed by atoms with Crippen molar-refractivity contribution in [1.29, 1.82) is 0 Å². The van der Waals surface area contributed by atoms with Crippen LogP contribution in [0.3, 0.4) is 0 Å². The molecule has 25 heavy (non-hydrogen) atoms. The van der Waals surface area contributed by atoms with Crippen LogP contribution in [0.25, 0.3) is 10.9 Å². The van der Waals surface area contributed by atoms with Crippen LogP contribution in [0.2, 0.25) is 0 Å². The number of esters is 2. The zero-order valence-corrected chi connectivity index (χ0v) is 14.3. The van der Waals surface area contributed by atoms with Gasteiger partial charge in [0, 0.05) is 11.6 Å². The number of amides is 1. The van der Waals surface area contributed by atoms with Crippen molar-refractivity contribution < 1.29 is 23.9 Å². The zero-order valence-electron chi connectivity index (χ0n) is 14.3. The van der Waals surface area contributed by atoms with Crippen LogP contribution in [-0.4, -0.2) is 43.1 Å². The van der Waals surface area contributed by atoms with Gasteiger partial charge in [0.05, 0.1) is 31.2 Å². The van der Waals surface area contributed by atoms with Gasteiger partial charge in [-0.1, -0.05) is 25.1 Å². The molecule has 1 N–H and O–H groups in total. The number of benzene rings is 1. The fourth-order valence-electron chi connectivity index (χ4n) is 2.44. The lowest BCUT2D eigenvalue weighted by Crippen LogP contribution is -2.43. The summed E-state index contributed by atoms with van der Waals surface area (Å²) in [7, 11) is 2.49. The lowest BCUT2D eigenvalue weighted by Gasteiger charge is -2.19. The van der Waals surface area contributed by atoms with Crippen molar-refractivity contribution in [2.45, 2.75) is 19.4 Å². The molecule has 1 amide bonds. The Balaban J connectivity index is 2.17. The first-order chi connectivity index (χ1) is 12.0. The van der Waals surface area contributed by atoms with Crippen LogP contribution in [-0.2, 0) is 19.1 Å². The normalized spacial score (nSPS) is 12.9. The molecule has 0 aliphatic carbocycles. The largest absolute Gasteiger partial charge is 0.469 e. The first-order valence-corrected chi connectivity index (χ1v) is 7.77. The lowest BCUT2D eigenvalue weighted by atomic mass is 10.0. The fourth-order valence-corrected chi connectivity index (χ4v) is 2.44. The maximum Gasteiger partial charge on any atom is 0.328 e. The molecule has 0 spiro atoms. The van der Waals surface area contributed by atoms with Gasteiger partial charge in [0.25, 0.3) is 5.91 Å². The van der Waals surface area contributed by atoms with Crippen molar-refractivity contribution in [3.8, 4) is 0 Å². The van der Waals surface area contributed by atoms with E-state index in [1.165, 1.54) is 20.4 Å². The minimum atomic E-state index is -0.960. The Morgan fingerprint density at radius 2 is 1.80 bits per heavy atom. The quantitative estimate of drug-likeness (QED) is 0.802. The number of ether oxygens (including phenoxy) is 2. The fraction of sp³-hybridized carbons (Fsp3) is 0.333. The van der Waals surface area contributed by atoms with Gasteiger partial charge in [-0.2, -0.15) is 0 Å². The maximum absolute atomic E-state index is 12.5. The third-order valence-corrected chi connectivity index (χ3v) is 3.84. The van der Waals surface area contributed by atoms with Gasteiger partial charge in [0.1, 0.15) is 6.04 Å². The summed E-state index contributed by atoms with van der Waals surface area (Å²) in [6.45, 7) is 1.62. The number of hydrogen-bond donors (Lipinski definition) is 1. The van der Waals surface area contributed by atoms with Gasteiger partial charge in [-0.3, -0.25) is 14.6 Å². The SMILES string of the molecule is COC(=O)[C@@H](C)C[C@@H](NC(=O)c1cnc2ccccc2c1)C(=O)OC. The third kappa shape index (κ3) is 4.53. The van der Waals surface area contributed by atoms with Gasteiger partial charge in [0.2, 0.25) is 0 Å². The highest BCUT2D eigenvalue weighted by molar-refractivity contribution is 5.99. The number of fused-ring (bicyclic) bond motifs is 1. The molecular weight excluding hydrogens is 324 g/mol. The van der Waals surface area contributed by atoms with Crippen molar-refractivity contribution in [1.82, 2.24) is 10.3 Å². The molecule has 0 unspecified atom stereocenters. The average molecular weight is 344 g/mol. The Kier molecular flexibility index (Phi) is 6.05. The number of rotatable bonds is 6. The first-order valence-electron chi connectivity index (χ1n) is 7.77. The topological polar surface area (TPSA) is 94.6 Å². The summed E-state index contributed by atoms with van der Waals surface area (Å²) in [4.78, 5) is 40.2. The van der Waals surface area contributed by atoms with E-state index in [1.54, 1.807) is 13.0 Å². The van der Waals surface area contributed by atoms with Crippen molar-refractivity contribution in [2.24, 2.45) is 5.92 Å².